The van der Waals surface area contributed by atoms with Crippen molar-refractivity contribution in [3.05, 3.63) is 50.7 Å². The van der Waals surface area contributed by atoms with E-state index < -0.39 is 17.4 Å². The van der Waals surface area contributed by atoms with Crippen molar-refractivity contribution in [3.8, 4) is 5.75 Å². The fraction of sp³-hybridized carbons (Fsp3) is 0.476. The van der Waals surface area contributed by atoms with Gasteiger partial charge in [0.1, 0.15) is 18.5 Å². The number of imidazole rings is 1. The normalized spacial score (nSPS) is 15.4. The maximum absolute atomic E-state index is 12.6. The molecule has 0 spiro atoms. The largest absolute Gasteiger partial charge is 0.491 e. The fourth-order valence-corrected chi connectivity index (χ4v) is 3.81. The number of aromatic nitrogens is 4. The molecule has 3 N–H and O–H groups in total. The molecule has 3 heterocycles. The molecule has 10 nitrogen and oxygen atoms in total. The van der Waals surface area contributed by atoms with Crippen molar-refractivity contribution in [3.63, 3.8) is 0 Å². The second kappa shape index (κ2) is 8.94. The van der Waals surface area contributed by atoms with E-state index in [2.05, 4.69) is 27.1 Å². The van der Waals surface area contributed by atoms with Crippen LogP contribution in [0.1, 0.15) is 12.5 Å². The third-order valence-electron chi connectivity index (χ3n) is 5.53. The van der Waals surface area contributed by atoms with Gasteiger partial charge in [-0.3, -0.25) is 14.3 Å². The number of fused-ring (bicyclic) bond motifs is 1. The minimum Gasteiger partial charge on any atom is -0.491 e. The van der Waals surface area contributed by atoms with Crippen molar-refractivity contribution >= 4 is 17.1 Å². The predicted molar refractivity (Wildman–Crippen MR) is 118 cm³/mol. The number of benzene rings is 1. The van der Waals surface area contributed by atoms with Gasteiger partial charge in [0.05, 0.1) is 6.54 Å². The van der Waals surface area contributed by atoms with Crippen LogP contribution in [0.2, 0.25) is 0 Å². The number of H-pyrrole nitrogens is 1. The minimum atomic E-state index is -0.874. The standard InChI is InChI=1S/C21H28N6O4/c1-3-14-5-4-6-16(11-14)31-13-15(28)12-27-17-18(25(2)21(30)24-19(17)29)23-20(27)26-9-7-22-8-10-26/h4-6,11,15,22,28H,3,7-10,12-13H2,1-2H3,(H,24,29,30). The minimum absolute atomic E-state index is 0.0670. The Morgan fingerprint density at radius 2 is 2.03 bits per heavy atom. The highest BCUT2D eigenvalue weighted by atomic mass is 16.5. The number of aryl methyl sites for hydroxylation is 2. The van der Waals surface area contributed by atoms with Crippen LogP contribution in [-0.2, 0) is 20.0 Å². The number of nitrogens with zero attached hydrogens (tertiary/aromatic N) is 4. The van der Waals surface area contributed by atoms with Crippen molar-refractivity contribution in [1.29, 1.82) is 0 Å². The number of aliphatic hydroxyl groups is 1. The van der Waals surface area contributed by atoms with Crippen LogP contribution in [0.15, 0.2) is 33.9 Å². The summed E-state index contributed by atoms with van der Waals surface area (Å²) >= 11 is 0. The van der Waals surface area contributed by atoms with Crippen LogP contribution in [0, 0.1) is 0 Å². The van der Waals surface area contributed by atoms with Gasteiger partial charge in [-0.2, -0.15) is 4.98 Å². The summed E-state index contributed by atoms with van der Waals surface area (Å²) in [6, 6.07) is 7.75. The summed E-state index contributed by atoms with van der Waals surface area (Å²) in [6.45, 7) is 5.26. The number of hydrogen-bond acceptors (Lipinski definition) is 7. The summed E-state index contributed by atoms with van der Waals surface area (Å²) in [7, 11) is 1.57. The summed E-state index contributed by atoms with van der Waals surface area (Å²) in [6.07, 6.45) is 0.0250. The Balaban J connectivity index is 1.63. The van der Waals surface area contributed by atoms with Crippen molar-refractivity contribution in [2.75, 3.05) is 37.7 Å². The topological polar surface area (TPSA) is 117 Å². The third-order valence-corrected chi connectivity index (χ3v) is 5.53. The molecule has 1 unspecified atom stereocenters. The van der Waals surface area contributed by atoms with Crippen LogP contribution in [-0.4, -0.2) is 63.1 Å². The van der Waals surface area contributed by atoms with E-state index in [0.717, 1.165) is 25.1 Å². The van der Waals surface area contributed by atoms with Gasteiger partial charge >= 0.3 is 5.69 Å². The van der Waals surface area contributed by atoms with Gasteiger partial charge in [0.2, 0.25) is 5.95 Å². The Hall–Kier alpha value is -3.11. The lowest BCUT2D eigenvalue weighted by molar-refractivity contribution is 0.0936. The number of nitrogens with one attached hydrogen (secondary N) is 2. The summed E-state index contributed by atoms with van der Waals surface area (Å²) in [5, 5.41) is 14.0. The Kier molecular flexibility index (Phi) is 6.10. The molecule has 3 aromatic rings. The molecule has 0 amide bonds. The molecule has 1 aromatic carbocycles. The van der Waals surface area contributed by atoms with Crippen LogP contribution in [0.25, 0.3) is 11.2 Å². The molecule has 0 saturated carbocycles. The average molecular weight is 428 g/mol. The molecule has 1 aliphatic rings. The summed E-state index contributed by atoms with van der Waals surface area (Å²) in [5.41, 5.74) is 0.680. The van der Waals surface area contributed by atoms with E-state index in [0.29, 0.717) is 30.4 Å². The molecule has 166 valence electrons. The third kappa shape index (κ3) is 4.35. The summed E-state index contributed by atoms with van der Waals surface area (Å²) in [4.78, 5) is 33.7. The lowest BCUT2D eigenvalue weighted by Gasteiger charge is -2.29. The smallest absolute Gasteiger partial charge is 0.329 e. The van der Waals surface area contributed by atoms with Gasteiger partial charge in [0.25, 0.3) is 5.56 Å². The molecular weight excluding hydrogens is 400 g/mol. The van der Waals surface area contributed by atoms with E-state index >= 15 is 0 Å². The van der Waals surface area contributed by atoms with Gasteiger partial charge in [-0.05, 0) is 24.1 Å². The second-order valence-corrected chi connectivity index (χ2v) is 7.72. The number of anilines is 1. The molecule has 10 heteroatoms. The molecular formula is C21H28N6O4. The molecule has 2 aromatic heterocycles. The first-order valence-corrected chi connectivity index (χ1v) is 10.5. The van der Waals surface area contributed by atoms with Gasteiger partial charge in [-0.25, -0.2) is 4.79 Å². The van der Waals surface area contributed by atoms with Crippen molar-refractivity contribution < 1.29 is 9.84 Å². The summed E-state index contributed by atoms with van der Waals surface area (Å²) < 4.78 is 8.79. The first kappa shape index (κ1) is 21.1. The molecule has 4 rings (SSSR count). The quantitative estimate of drug-likeness (QED) is 0.478. The van der Waals surface area contributed by atoms with Crippen LogP contribution in [0.3, 0.4) is 0 Å². The number of aliphatic hydroxyl groups excluding tert-OH is 1. The van der Waals surface area contributed by atoms with Crippen LogP contribution in [0.5, 0.6) is 5.75 Å². The van der Waals surface area contributed by atoms with E-state index in [-0.39, 0.29) is 18.7 Å². The van der Waals surface area contributed by atoms with E-state index in [1.807, 2.05) is 24.3 Å². The zero-order valence-corrected chi connectivity index (χ0v) is 17.8. The number of rotatable bonds is 7. The summed E-state index contributed by atoms with van der Waals surface area (Å²) in [5.74, 6) is 1.26. The zero-order valence-electron chi connectivity index (χ0n) is 17.8. The lowest BCUT2D eigenvalue weighted by Crippen LogP contribution is -2.45. The van der Waals surface area contributed by atoms with Crippen molar-refractivity contribution in [2.24, 2.45) is 7.05 Å². The Labute approximate surface area is 179 Å². The highest BCUT2D eigenvalue weighted by molar-refractivity contribution is 5.74. The number of hydrogen-bond donors (Lipinski definition) is 3. The molecule has 1 aliphatic heterocycles. The Morgan fingerprint density at radius 1 is 1.26 bits per heavy atom. The Bertz CT molecular complexity index is 1170. The van der Waals surface area contributed by atoms with E-state index in [4.69, 9.17) is 4.74 Å². The number of piperazine rings is 1. The zero-order chi connectivity index (χ0) is 22.0. The predicted octanol–water partition coefficient (Wildman–Crippen LogP) is -0.165. The number of ether oxygens (including phenoxy) is 1. The molecule has 1 atom stereocenters. The maximum Gasteiger partial charge on any atom is 0.329 e. The highest BCUT2D eigenvalue weighted by Crippen LogP contribution is 2.21. The van der Waals surface area contributed by atoms with Crippen LogP contribution < -0.4 is 26.2 Å². The molecule has 1 saturated heterocycles. The Morgan fingerprint density at radius 3 is 2.77 bits per heavy atom. The first-order chi connectivity index (χ1) is 15.0. The lowest BCUT2D eigenvalue weighted by atomic mass is 10.2. The second-order valence-electron chi connectivity index (χ2n) is 7.72. The highest BCUT2D eigenvalue weighted by Gasteiger charge is 2.24. The van der Waals surface area contributed by atoms with Crippen LogP contribution in [0.4, 0.5) is 5.95 Å². The van der Waals surface area contributed by atoms with E-state index in [9.17, 15) is 14.7 Å². The van der Waals surface area contributed by atoms with Gasteiger partial charge < -0.3 is 24.6 Å². The van der Waals surface area contributed by atoms with Crippen molar-refractivity contribution in [1.82, 2.24) is 24.4 Å². The van der Waals surface area contributed by atoms with Gasteiger partial charge in [0, 0.05) is 33.2 Å². The SMILES string of the molecule is CCc1cccc(OCC(O)Cn2c(N3CCNCC3)nc3c2c(=O)[nH]c(=O)n3C)c1. The van der Waals surface area contributed by atoms with Gasteiger partial charge in [-0.15, -0.1) is 0 Å². The fourth-order valence-electron chi connectivity index (χ4n) is 3.81. The molecule has 0 bridgehead atoms. The maximum atomic E-state index is 12.6. The van der Waals surface area contributed by atoms with Crippen molar-refractivity contribution in [2.45, 2.75) is 26.0 Å². The monoisotopic (exact) mass is 428 g/mol. The molecule has 31 heavy (non-hydrogen) atoms. The van der Waals surface area contributed by atoms with Crippen LogP contribution >= 0.6 is 0 Å². The van der Waals surface area contributed by atoms with Gasteiger partial charge in [0.15, 0.2) is 11.2 Å². The average Bonchev–Trinajstić information content (AvgIpc) is 3.16. The molecule has 0 radical (unpaired) electrons. The van der Waals surface area contributed by atoms with Gasteiger partial charge in [-0.1, -0.05) is 19.1 Å². The molecule has 0 aliphatic carbocycles. The van der Waals surface area contributed by atoms with E-state index in [1.165, 1.54) is 4.57 Å². The molecule has 1 fully saturated rings. The number of aromatic amines is 1. The van der Waals surface area contributed by atoms with E-state index in [1.54, 1.807) is 11.6 Å². The first-order valence-electron chi connectivity index (χ1n) is 10.5.